The van der Waals surface area contributed by atoms with Gasteiger partial charge in [0.2, 0.25) is 0 Å². The minimum atomic E-state index is -0.446. The summed E-state index contributed by atoms with van der Waals surface area (Å²) in [7, 11) is 3.43. The van der Waals surface area contributed by atoms with Crippen LogP contribution >= 0.6 is 26.0 Å². The van der Waals surface area contributed by atoms with Crippen LogP contribution in [0, 0.1) is 0 Å². The van der Waals surface area contributed by atoms with Gasteiger partial charge in [0.1, 0.15) is 0 Å². The molecule has 0 radical (unpaired) electrons. The molecule has 6 rings (SSSR count). The van der Waals surface area contributed by atoms with E-state index in [0.717, 1.165) is 0 Å². The van der Waals surface area contributed by atoms with E-state index in [1.165, 1.54) is 45.7 Å². The van der Waals surface area contributed by atoms with Gasteiger partial charge in [-0.05, 0) is 47.7 Å². The summed E-state index contributed by atoms with van der Waals surface area (Å²) in [5.74, 6) is 0. The van der Waals surface area contributed by atoms with Crippen LogP contribution in [0.25, 0.3) is 0 Å². The first-order valence-corrected chi connectivity index (χ1v) is 19.2. The average Bonchev–Trinajstić information content (AvgIpc) is 3.18. The standard InChI is InChI=1S/2C18H15P.C6H6O2.ClH.Co/c2*1-4-10-16(11-5-1)19(17-12-6-2-7-13-17)18-14-8-3-9-15-18;1-5(3-7)6(2)4-8;;/h2*1-15H;1-2H3;1H;/q;;-2;;+3/p-1/b;;6-5-;;. The topological polar surface area (TPSA) is 34.1 Å². The van der Waals surface area contributed by atoms with Crippen molar-refractivity contribution in [1.82, 2.24) is 0 Å². The molecule has 6 aromatic carbocycles. The van der Waals surface area contributed by atoms with Crippen LogP contribution in [0.3, 0.4) is 0 Å². The first-order valence-electron chi connectivity index (χ1n) is 15.1. The smallest absolute Gasteiger partial charge is 0.0134 e. The van der Waals surface area contributed by atoms with Gasteiger partial charge in [0.25, 0.3) is 0 Å². The second-order valence-corrected chi connectivity index (χ2v) is 14.6. The van der Waals surface area contributed by atoms with Crippen LogP contribution in [-0.4, -0.2) is 12.6 Å². The van der Waals surface area contributed by atoms with Gasteiger partial charge in [-0.3, -0.25) is 0 Å². The fourth-order valence-corrected chi connectivity index (χ4v) is 9.12. The van der Waals surface area contributed by atoms with Gasteiger partial charge in [-0.15, -0.1) is 26.4 Å². The fraction of sp³-hybridized carbons (Fsp3) is 0.0476. The molecule has 48 heavy (non-hydrogen) atoms. The van der Waals surface area contributed by atoms with Gasteiger partial charge >= 0.3 is 25.0 Å². The molecule has 0 N–H and O–H groups in total. The van der Waals surface area contributed by atoms with Gasteiger partial charge in [0.15, 0.2) is 0 Å². The van der Waals surface area contributed by atoms with Crippen LogP contribution < -0.4 is 31.8 Å². The zero-order chi connectivity index (χ0) is 34.4. The largest absolute Gasteiger partial charge is 0.0622 e. The first kappa shape index (κ1) is 38.5. The Balaban J connectivity index is 0.000000206. The molecule has 0 bridgehead atoms. The van der Waals surface area contributed by atoms with E-state index in [1.54, 1.807) is 12.6 Å². The molecular formula is C42H36ClCoO2P2. The Morgan fingerprint density at radius 3 is 0.646 bits per heavy atom. The molecule has 0 atom stereocenters. The summed E-state index contributed by atoms with van der Waals surface area (Å²) in [5.41, 5.74) is 0.639. The molecule has 0 aliphatic heterocycles. The van der Waals surface area contributed by atoms with Crippen molar-refractivity contribution in [3.63, 3.8) is 0 Å². The Labute approximate surface area is 300 Å². The minimum absolute atomic E-state index is 0.319. The summed E-state index contributed by atoms with van der Waals surface area (Å²) in [6, 6.07) is 64.7. The Morgan fingerprint density at radius 2 is 0.521 bits per heavy atom. The third-order valence-electron chi connectivity index (χ3n) is 6.96. The van der Waals surface area contributed by atoms with Crippen molar-refractivity contribution in [1.29, 1.82) is 0 Å². The molecule has 0 heterocycles. The molecule has 6 heteroatoms. The predicted molar refractivity (Wildman–Crippen MR) is 206 cm³/mol. The molecule has 0 saturated carbocycles. The minimum Gasteiger partial charge on any atom is -0.0622 e. The van der Waals surface area contributed by atoms with E-state index in [4.69, 9.17) is 0 Å². The predicted octanol–water partition coefficient (Wildman–Crippen LogP) is 8.12. The summed E-state index contributed by atoms with van der Waals surface area (Å²) < 4.78 is 0. The Morgan fingerprint density at radius 1 is 0.375 bits per heavy atom. The van der Waals surface area contributed by atoms with Crippen molar-refractivity contribution in [2.45, 2.75) is 13.8 Å². The maximum atomic E-state index is 9.74. The third-order valence-corrected chi connectivity index (χ3v) is 11.8. The van der Waals surface area contributed by atoms with E-state index in [0.29, 0.717) is 11.1 Å². The van der Waals surface area contributed by atoms with E-state index in [1.807, 2.05) is 0 Å². The fourth-order valence-electron chi connectivity index (χ4n) is 4.51. The zero-order valence-corrected chi connectivity index (χ0v) is 30.3. The summed E-state index contributed by atoms with van der Waals surface area (Å²) in [5, 5.41) is 8.39. The van der Waals surface area contributed by atoms with Gasteiger partial charge < -0.3 is 20.7 Å². The maximum Gasteiger partial charge on any atom is -0.0134 e. The van der Waals surface area contributed by atoms with Crippen molar-refractivity contribution in [2.75, 3.05) is 0 Å². The summed E-state index contributed by atoms with van der Waals surface area (Å²) in [4.78, 5) is 19.5. The summed E-state index contributed by atoms with van der Waals surface area (Å²) >= 11 is 3.03. The Bertz CT molecular complexity index is 1450. The van der Waals surface area contributed by atoms with E-state index >= 15 is 0 Å². The molecule has 6 aromatic rings. The molecule has 2 nitrogen and oxygen atoms in total. The first-order chi connectivity index (χ1) is 23.6. The molecule has 0 unspecified atom stereocenters. The zero-order valence-electron chi connectivity index (χ0n) is 26.7. The van der Waals surface area contributed by atoms with Gasteiger partial charge in [0, 0.05) is 0 Å². The van der Waals surface area contributed by atoms with Crippen molar-refractivity contribution in [3.8, 4) is 0 Å². The monoisotopic (exact) mass is 728 g/mol. The van der Waals surface area contributed by atoms with Crippen LogP contribution in [0.2, 0.25) is 0 Å². The number of hydrogen-bond donors (Lipinski definition) is 0. The van der Waals surface area contributed by atoms with Gasteiger partial charge in [0.05, 0.1) is 0 Å². The molecule has 0 saturated heterocycles. The van der Waals surface area contributed by atoms with E-state index in [2.05, 4.69) is 207 Å². The third kappa shape index (κ3) is 12.3. The van der Waals surface area contributed by atoms with E-state index < -0.39 is 15.8 Å². The molecule has 0 fully saturated rings. The number of benzene rings is 6. The molecule has 242 valence electrons. The number of halogens is 1. The quantitative estimate of drug-likeness (QED) is 0.0902. The van der Waals surface area contributed by atoms with Crippen molar-refractivity contribution in [2.24, 2.45) is 0 Å². The van der Waals surface area contributed by atoms with Crippen LogP contribution in [-0.2, 0) is 24.4 Å². The molecule has 0 aliphatic rings. The molecule has 0 amide bonds. The van der Waals surface area contributed by atoms with Gasteiger partial charge in [-0.25, -0.2) is 0 Å². The van der Waals surface area contributed by atoms with Crippen LogP contribution in [0.5, 0.6) is 0 Å². The van der Waals surface area contributed by atoms with Crippen LogP contribution in [0.1, 0.15) is 13.8 Å². The molecule has 0 aliphatic carbocycles. The molecule has 0 spiro atoms. The van der Waals surface area contributed by atoms with Crippen LogP contribution in [0.15, 0.2) is 193 Å². The number of rotatable bonds is 8. The molecular weight excluding hydrogens is 693 g/mol. The second kappa shape index (κ2) is 22.6. The van der Waals surface area contributed by atoms with E-state index in [9.17, 15) is 9.59 Å². The second-order valence-electron chi connectivity index (χ2n) is 10.1. The van der Waals surface area contributed by atoms with E-state index in [-0.39, 0.29) is 0 Å². The van der Waals surface area contributed by atoms with Crippen LogP contribution in [0.4, 0.5) is 0 Å². The van der Waals surface area contributed by atoms with Crippen molar-refractivity contribution >= 4 is 70.4 Å². The molecule has 0 aromatic heterocycles. The van der Waals surface area contributed by atoms with Crippen molar-refractivity contribution in [3.05, 3.63) is 193 Å². The maximum absolute atomic E-state index is 9.74. The number of carbonyl (C=O) groups excluding carboxylic acids is 2. The SMILES string of the molecule is C/C([C-]=O)=C(\C)[C-]=O.[Cl][Co+2].c1ccc(P(c2ccccc2)c2ccccc2)cc1.c1ccc(P(c2ccccc2)c2ccccc2)cc1. The average molecular weight is 729 g/mol. The van der Waals surface area contributed by atoms with Gasteiger partial charge in [-0.2, -0.15) is 0 Å². The number of hydrogen-bond acceptors (Lipinski definition) is 2. The summed E-state index contributed by atoms with van der Waals surface area (Å²) in [6.07, 6.45) is 3.17. The normalized spacial score (nSPS) is 10.5. The van der Waals surface area contributed by atoms with Crippen molar-refractivity contribution < 1.29 is 24.4 Å². The number of allylic oxidation sites excluding steroid dienone is 2. The van der Waals surface area contributed by atoms with Gasteiger partial charge in [-0.1, -0.05) is 182 Å². The Hall–Kier alpha value is -3.94. The Kier molecular flexibility index (Phi) is 18.1. The summed E-state index contributed by atoms with van der Waals surface area (Å²) in [6.45, 7) is 3.04.